The second-order valence-electron chi connectivity index (χ2n) is 11.3. The Morgan fingerprint density at radius 1 is 0.575 bits per heavy atom. The van der Waals surface area contributed by atoms with Crippen molar-refractivity contribution in [2.24, 2.45) is 0 Å². The van der Waals surface area contributed by atoms with Gasteiger partial charge in [0, 0.05) is 9.79 Å². The van der Waals surface area contributed by atoms with Crippen molar-refractivity contribution in [1.29, 1.82) is 0 Å². The molecule has 40 heavy (non-hydrogen) atoms. The minimum absolute atomic E-state index is 0.241. The molecule has 0 spiro atoms. The minimum Gasteiger partial charge on any atom is -0.478 e. The van der Waals surface area contributed by atoms with Crippen LogP contribution in [-0.2, 0) is 0 Å². The second-order valence-corrected chi connectivity index (χ2v) is 12.5. The van der Waals surface area contributed by atoms with E-state index < -0.39 is 11.9 Å². The van der Waals surface area contributed by atoms with Crippen molar-refractivity contribution in [3.63, 3.8) is 0 Å². The Kier molecular flexibility index (Phi) is 19.1. The van der Waals surface area contributed by atoms with Gasteiger partial charge in [0.15, 0.2) is 0 Å². The number of carboxylic acids is 2. The summed E-state index contributed by atoms with van der Waals surface area (Å²) in [6.45, 7) is 7.21. The third-order valence-electron chi connectivity index (χ3n) is 7.41. The van der Waals surface area contributed by atoms with Gasteiger partial charge in [-0.3, -0.25) is 0 Å². The van der Waals surface area contributed by atoms with Gasteiger partial charge in [0.1, 0.15) is 0 Å². The molecule has 0 radical (unpaired) electrons. The van der Waals surface area contributed by atoms with Crippen LogP contribution in [0.4, 0.5) is 0 Å². The predicted octanol–water partition coefficient (Wildman–Crippen LogP) is 9.80. The fourth-order valence-corrected chi connectivity index (χ4v) is 5.18. The molecule has 2 rings (SSSR count). The van der Waals surface area contributed by atoms with Crippen LogP contribution in [0, 0.1) is 0 Å². The van der Waals surface area contributed by atoms with Crippen molar-refractivity contribution < 1.29 is 24.3 Å². The highest BCUT2D eigenvalue weighted by Crippen LogP contribution is 2.28. The van der Waals surface area contributed by atoms with Gasteiger partial charge in [0.2, 0.25) is 0 Å². The lowest BCUT2D eigenvalue weighted by Crippen LogP contribution is -2.39. The van der Waals surface area contributed by atoms with Crippen LogP contribution in [0.25, 0.3) is 0 Å². The number of carboxylic acid groups (broad SMARTS) is 2. The zero-order valence-electron chi connectivity index (χ0n) is 25.5. The van der Waals surface area contributed by atoms with E-state index in [1.54, 1.807) is 24.3 Å². The van der Waals surface area contributed by atoms with Gasteiger partial charge in [0.25, 0.3) is 0 Å². The van der Waals surface area contributed by atoms with Crippen LogP contribution in [-0.4, -0.2) is 53.8 Å². The molecule has 0 atom stereocenters. The molecular formula is C34H54NO4S+. The van der Waals surface area contributed by atoms with Crippen LogP contribution < -0.4 is 0 Å². The molecule has 0 aliphatic rings. The summed E-state index contributed by atoms with van der Waals surface area (Å²) >= 11 is 1.44. The molecule has 0 unspecified atom stereocenters. The molecule has 5 nitrogen and oxygen atoms in total. The molecule has 224 valence electrons. The maximum absolute atomic E-state index is 10.7. The fourth-order valence-electron chi connectivity index (χ4n) is 4.36. The Hall–Kier alpha value is -2.31. The number of hydrogen-bond acceptors (Lipinski definition) is 3. The van der Waals surface area contributed by atoms with E-state index in [4.69, 9.17) is 10.2 Å². The third kappa shape index (κ3) is 17.4. The first-order valence-electron chi connectivity index (χ1n) is 15.3. The molecule has 6 heteroatoms. The quantitative estimate of drug-likeness (QED) is 0.122. The maximum Gasteiger partial charge on any atom is 0.335 e. The number of nitrogens with zero attached hydrogens (tertiary/aromatic N) is 1. The van der Waals surface area contributed by atoms with Crippen LogP contribution in [0.5, 0.6) is 0 Å². The lowest BCUT2D eigenvalue weighted by Gasteiger charge is -2.28. The standard InChI is InChI=1S/C20H44N.C14H10O4S/c1-5-7-8-9-10-11-12-13-14-15-16-17-18-19-20-21(3,4)6-2;15-13(16)9-1-5-11(6-2-9)19-12-7-3-10(4-8-12)14(17)18/h5-20H2,1-4H3;1-8H,(H,15,16)(H,17,18)/q+1;. The Morgan fingerprint density at radius 2 is 0.900 bits per heavy atom. The van der Waals surface area contributed by atoms with Gasteiger partial charge in [0.05, 0.1) is 38.3 Å². The molecule has 2 aromatic carbocycles. The summed E-state index contributed by atoms with van der Waals surface area (Å²) in [5, 5.41) is 17.6. The second kappa shape index (κ2) is 21.4. The number of hydrogen-bond donors (Lipinski definition) is 2. The zero-order valence-corrected chi connectivity index (χ0v) is 26.3. The fraction of sp³-hybridized carbons (Fsp3) is 0.588. The van der Waals surface area contributed by atoms with Gasteiger partial charge in [-0.05, 0) is 68.3 Å². The Labute approximate surface area is 248 Å². The van der Waals surface area contributed by atoms with E-state index in [1.807, 2.05) is 0 Å². The number of rotatable bonds is 20. The first-order valence-corrected chi connectivity index (χ1v) is 16.2. The first kappa shape index (κ1) is 35.7. The topological polar surface area (TPSA) is 74.6 Å². The van der Waals surface area contributed by atoms with E-state index in [9.17, 15) is 9.59 Å². The van der Waals surface area contributed by atoms with Crippen LogP contribution >= 0.6 is 11.8 Å². The van der Waals surface area contributed by atoms with Gasteiger partial charge in [-0.15, -0.1) is 0 Å². The van der Waals surface area contributed by atoms with E-state index in [2.05, 4.69) is 27.9 Å². The number of quaternary nitrogens is 1. The maximum atomic E-state index is 10.7. The van der Waals surface area contributed by atoms with E-state index in [1.165, 1.54) is 143 Å². The summed E-state index contributed by atoms with van der Waals surface area (Å²) in [6.07, 6.45) is 20.4. The minimum atomic E-state index is -0.956. The third-order valence-corrected chi connectivity index (χ3v) is 8.43. The molecule has 0 fully saturated rings. The summed E-state index contributed by atoms with van der Waals surface area (Å²) in [7, 11) is 4.70. The molecule has 0 saturated carbocycles. The number of aromatic carboxylic acids is 2. The van der Waals surface area contributed by atoms with Gasteiger partial charge in [-0.25, -0.2) is 9.59 Å². The molecule has 0 saturated heterocycles. The number of carbonyl (C=O) groups is 2. The number of benzene rings is 2. The highest BCUT2D eigenvalue weighted by atomic mass is 32.2. The molecule has 0 bridgehead atoms. The van der Waals surface area contributed by atoms with Crippen molar-refractivity contribution >= 4 is 23.7 Å². The van der Waals surface area contributed by atoms with E-state index in [0.717, 1.165) is 9.79 Å². The Balaban J connectivity index is 0.000000401. The number of unbranched alkanes of at least 4 members (excludes halogenated alkanes) is 13. The van der Waals surface area contributed by atoms with E-state index >= 15 is 0 Å². The summed E-state index contributed by atoms with van der Waals surface area (Å²) in [6, 6.07) is 13.0. The van der Waals surface area contributed by atoms with Crippen molar-refractivity contribution in [2.45, 2.75) is 114 Å². The molecule has 2 aromatic rings. The highest BCUT2D eigenvalue weighted by Gasteiger charge is 2.10. The first-order chi connectivity index (χ1) is 19.2. The van der Waals surface area contributed by atoms with E-state index in [0.29, 0.717) is 0 Å². The SMILES string of the molecule is CCCCCCCCCCCCCCCC[N+](C)(C)CC.O=C(O)c1ccc(Sc2ccc(C(=O)O)cc2)cc1. The summed E-state index contributed by atoms with van der Waals surface area (Å²) in [5.74, 6) is -1.91. The molecule has 0 aliphatic carbocycles. The highest BCUT2D eigenvalue weighted by molar-refractivity contribution is 7.99. The van der Waals surface area contributed by atoms with Gasteiger partial charge in [-0.1, -0.05) is 95.7 Å². The molecular weight excluding hydrogens is 518 g/mol. The predicted molar refractivity (Wildman–Crippen MR) is 169 cm³/mol. The molecule has 2 N–H and O–H groups in total. The summed E-state index contributed by atoms with van der Waals surface area (Å²) < 4.78 is 1.19. The van der Waals surface area contributed by atoms with Crippen LogP contribution in [0.1, 0.15) is 124 Å². The van der Waals surface area contributed by atoms with Crippen molar-refractivity contribution in [1.82, 2.24) is 0 Å². The normalized spacial score (nSPS) is 11.1. The van der Waals surface area contributed by atoms with Crippen LogP contribution in [0.2, 0.25) is 0 Å². The van der Waals surface area contributed by atoms with Gasteiger partial charge in [-0.2, -0.15) is 0 Å². The van der Waals surface area contributed by atoms with Crippen LogP contribution in [0.3, 0.4) is 0 Å². The summed E-state index contributed by atoms with van der Waals surface area (Å²) in [4.78, 5) is 23.2. The summed E-state index contributed by atoms with van der Waals surface area (Å²) in [5.41, 5.74) is 0.483. The van der Waals surface area contributed by atoms with Crippen molar-refractivity contribution in [2.75, 3.05) is 27.2 Å². The molecule has 0 aromatic heterocycles. The van der Waals surface area contributed by atoms with Crippen molar-refractivity contribution in [3.8, 4) is 0 Å². The van der Waals surface area contributed by atoms with E-state index in [-0.39, 0.29) is 11.1 Å². The molecule has 0 aliphatic heterocycles. The monoisotopic (exact) mass is 572 g/mol. The average molecular weight is 573 g/mol. The molecule has 0 amide bonds. The smallest absolute Gasteiger partial charge is 0.335 e. The lowest BCUT2D eigenvalue weighted by atomic mass is 10.0. The largest absolute Gasteiger partial charge is 0.478 e. The van der Waals surface area contributed by atoms with Crippen molar-refractivity contribution in [3.05, 3.63) is 59.7 Å². The van der Waals surface area contributed by atoms with Gasteiger partial charge < -0.3 is 14.7 Å². The average Bonchev–Trinajstić information content (AvgIpc) is 2.94. The lowest BCUT2D eigenvalue weighted by molar-refractivity contribution is -0.888. The van der Waals surface area contributed by atoms with Gasteiger partial charge >= 0.3 is 11.9 Å². The zero-order chi connectivity index (χ0) is 29.6. The molecule has 0 heterocycles. The Morgan fingerprint density at radius 3 is 1.20 bits per heavy atom. The Bertz CT molecular complexity index is 886. The van der Waals surface area contributed by atoms with Crippen LogP contribution in [0.15, 0.2) is 58.3 Å².